The molecule has 0 aliphatic rings. The molecule has 1 aromatic rings. The summed E-state index contributed by atoms with van der Waals surface area (Å²) in [5.41, 5.74) is 0.952. The van der Waals surface area contributed by atoms with E-state index in [1.165, 1.54) is 0 Å². The minimum atomic E-state index is -0.779. The number of aliphatic carboxylic acids is 1. The van der Waals surface area contributed by atoms with Crippen LogP contribution >= 0.6 is 0 Å². The SMILES string of the molecule is C[C@@H](CCCCC(=O)O)N(C)C(=O)OCc1ccccc1. The van der Waals surface area contributed by atoms with Crippen LogP contribution < -0.4 is 0 Å². The lowest BCUT2D eigenvalue weighted by molar-refractivity contribution is -0.137. The van der Waals surface area contributed by atoms with Gasteiger partial charge in [-0.3, -0.25) is 4.79 Å². The van der Waals surface area contributed by atoms with Crippen LogP contribution in [0, 0.1) is 0 Å². The highest BCUT2D eigenvalue weighted by molar-refractivity contribution is 5.67. The maximum absolute atomic E-state index is 11.9. The van der Waals surface area contributed by atoms with Crippen molar-refractivity contribution in [2.75, 3.05) is 7.05 Å². The zero-order chi connectivity index (χ0) is 15.7. The summed E-state index contributed by atoms with van der Waals surface area (Å²) in [6, 6.07) is 9.56. The number of benzene rings is 1. The number of carbonyl (C=O) groups is 2. The van der Waals surface area contributed by atoms with Gasteiger partial charge in [-0.25, -0.2) is 4.79 Å². The molecule has 0 saturated heterocycles. The van der Waals surface area contributed by atoms with Gasteiger partial charge in [-0.1, -0.05) is 36.8 Å². The molecule has 0 aromatic heterocycles. The molecule has 5 heteroatoms. The molecule has 5 nitrogen and oxygen atoms in total. The normalized spacial score (nSPS) is 11.7. The van der Waals surface area contributed by atoms with Gasteiger partial charge < -0.3 is 14.7 Å². The second kappa shape index (κ2) is 9.00. The fourth-order valence-corrected chi connectivity index (χ4v) is 1.91. The van der Waals surface area contributed by atoms with E-state index in [0.29, 0.717) is 6.42 Å². The highest BCUT2D eigenvalue weighted by Crippen LogP contribution is 2.10. The largest absolute Gasteiger partial charge is 0.481 e. The van der Waals surface area contributed by atoms with Crippen LogP contribution in [-0.2, 0) is 16.1 Å². The van der Waals surface area contributed by atoms with Crippen LogP contribution in [0.2, 0.25) is 0 Å². The Bertz CT molecular complexity index is 447. The van der Waals surface area contributed by atoms with Crippen LogP contribution in [0.1, 0.15) is 38.2 Å². The Balaban J connectivity index is 2.27. The fourth-order valence-electron chi connectivity index (χ4n) is 1.91. The van der Waals surface area contributed by atoms with Crippen LogP contribution in [0.15, 0.2) is 30.3 Å². The van der Waals surface area contributed by atoms with Gasteiger partial charge in [0, 0.05) is 19.5 Å². The minimum absolute atomic E-state index is 0.0297. The van der Waals surface area contributed by atoms with Crippen LogP contribution in [0.3, 0.4) is 0 Å². The van der Waals surface area contributed by atoms with E-state index in [4.69, 9.17) is 9.84 Å². The molecule has 1 rings (SSSR count). The first-order valence-corrected chi connectivity index (χ1v) is 7.16. The molecular formula is C16H23NO4. The second-order valence-corrected chi connectivity index (χ2v) is 5.14. The van der Waals surface area contributed by atoms with Gasteiger partial charge in [-0.2, -0.15) is 0 Å². The van der Waals surface area contributed by atoms with Crippen molar-refractivity contribution in [1.82, 2.24) is 4.90 Å². The van der Waals surface area contributed by atoms with Gasteiger partial charge in [-0.15, -0.1) is 0 Å². The van der Waals surface area contributed by atoms with Crippen molar-refractivity contribution in [3.05, 3.63) is 35.9 Å². The predicted octanol–water partition coefficient (Wildman–Crippen LogP) is 3.29. The van der Waals surface area contributed by atoms with E-state index in [2.05, 4.69) is 0 Å². The second-order valence-electron chi connectivity index (χ2n) is 5.14. The number of rotatable bonds is 8. The lowest BCUT2D eigenvalue weighted by Crippen LogP contribution is -2.35. The lowest BCUT2D eigenvalue weighted by Gasteiger charge is -2.24. The third-order valence-electron chi connectivity index (χ3n) is 3.42. The summed E-state index contributed by atoms with van der Waals surface area (Å²) in [6.45, 7) is 2.19. The monoisotopic (exact) mass is 293 g/mol. The van der Waals surface area contributed by atoms with Crippen molar-refractivity contribution in [2.24, 2.45) is 0 Å². The van der Waals surface area contributed by atoms with Crippen LogP contribution in [0.4, 0.5) is 4.79 Å². The first-order chi connectivity index (χ1) is 10.0. The molecule has 116 valence electrons. The van der Waals surface area contributed by atoms with Gasteiger partial charge in [0.2, 0.25) is 0 Å². The van der Waals surface area contributed by atoms with Crippen molar-refractivity contribution in [3.63, 3.8) is 0 Å². The average Bonchev–Trinajstić information content (AvgIpc) is 2.49. The number of carbonyl (C=O) groups excluding carboxylic acids is 1. The standard InChI is InChI=1S/C16H23NO4/c1-13(8-6-7-11-15(18)19)17(2)16(20)21-12-14-9-4-3-5-10-14/h3-5,9-10,13H,6-8,11-12H2,1-2H3,(H,18,19)/t13-/m0/s1. The topological polar surface area (TPSA) is 66.8 Å². The van der Waals surface area contributed by atoms with Gasteiger partial charge in [0.05, 0.1) is 0 Å². The summed E-state index contributed by atoms with van der Waals surface area (Å²) in [4.78, 5) is 23.9. The molecule has 0 unspecified atom stereocenters. The van der Waals surface area contributed by atoms with E-state index in [1.807, 2.05) is 37.3 Å². The Labute approximate surface area is 125 Å². The molecule has 1 N–H and O–H groups in total. The molecule has 0 heterocycles. The lowest BCUT2D eigenvalue weighted by atomic mass is 10.1. The minimum Gasteiger partial charge on any atom is -0.481 e. The maximum atomic E-state index is 11.9. The third-order valence-corrected chi connectivity index (χ3v) is 3.42. The van der Waals surface area contributed by atoms with E-state index in [1.54, 1.807) is 11.9 Å². The molecule has 0 aliphatic carbocycles. The first kappa shape index (κ1) is 17.0. The van der Waals surface area contributed by atoms with Crippen molar-refractivity contribution in [2.45, 2.75) is 45.3 Å². The molecule has 0 aliphatic heterocycles. The Morgan fingerprint density at radius 1 is 1.24 bits per heavy atom. The Morgan fingerprint density at radius 3 is 2.52 bits per heavy atom. The summed E-state index contributed by atoms with van der Waals surface area (Å²) in [7, 11) is 1.70. The number of nitrogens with zero attached hydrogens (tertiary/aromatic N) is 1. The summed E-state index contributed by atoms with van der Waals surface area (Å²) in [5.74, 6) is -0.779. The predicted molar refractivity (Wildman–Crippen MR) is 80.0 cm³/mol. The third kappa shape index (κ3) is 6.79. The molecule has 1 atom stereocenters. The van der Waals surface area contributed by atoms with Crippen LogP contribution in [0.5, 0.6) is 0 Å². The van der Waals surface area contributed by atoms with Crippen molar-refractivity contribution in [3.8, 4) is 0 Å². The number of amides is 1. The highest BCUT2D eigenvalue weighted by Gasteiger charge is 2.16. The quantitative estimate of drug-likeness (QED) is 0.747. The summed E-state index contributed by atoms with van der Waals surface area (Å²) >= 11 is 0. The number of carboxylic acids is 1. The number of hydrogen-bond donors (Lipinski definition) is 1. The fraction of sp³-hybridized carbons (Fsp3) is 0.500. The smallest absolute Gasteiger partial charge is 0.410 e. The molecule has 0 bridgehead atoms. The average molecular weight is 293 g/mol. The van der Waals surface area contributed by atoms with E-state index in [-0.39, 0.29) is 25.2 Å². The van der Waals surface area contributed by atoms with E-state index in [9.17, 15) is 9.59 Å². The number of hydrogen-bond acceptors (Lipinski definition) is 3. The van der Waals surface area contributed by atoms with Gasteiger partial charge in [0.15, 0.2) is 0 Å². The first-order valence-electron chi connectivity index (χ1n) is 7.16. The molecule has 0 fully saturated rings. The molecule has 21 heavy (non-hydrogen) atoms. The molecule has 1 amide bonds. The van der Waals surface area contributed by atoms with Gasteiger partial charge in [0.25, 0.3) is 0 Å². The van der Waals surface area contributed by atoms with Crippen LogP contribution in [-0.4, -0.2) is 35.2 Å². The maximum Gasteiger partial charge on any atom is 0.410 e. The molecular weight excluding hydrogens is 270 g/mol. The van der Waals surface area contributed by atoms with Crippen molar-refractivity contribution < 1.29 is 19.4 Å². The Morgan fingerprint density at radius 2 is 1.90 bits per heavy atom. The van der Waals surface area contributed by atoms with Gasteiger partial charge >= 0.3 is 12.1 Å². The highest BCUT2D eigenvalue weighted by atomic mass is 16.6. The Hall–Kier alpha value is -2.04. The number of unbranched alkanes of at least 4 members (excludes halogenated alkanes) is 1. The zero-order valence-electron chi connectivity index (χ0n) is 12.6. The number of ether oxygens (including phenoxy) is 1. The summed E-state index contributed by atoms with van der Waals surface area (Å²) in [5, 5.41) is 8.57. The Kier molecular flexibility index (Phi) is 7.29. The van der Waals surface area contributed by atoms with Crippen LogP contribution in [0.25, 0.3) is 0 Å². The van der Waals surface area contributed by atoms with E-state index in [0.717, 1.165) is 18.4 Å². The molecule has 0 spiro atoms. The summed E-state index contributed by atoms with van der Waals surface area (Å²) < 4.78 is 5.25. The zero-order valence-corrected chi connectivity index (χ0v) is 12.6. The van der Waals surface area contributed by atoms with E-state index >= 15 is 0 Å². The van der Waals surface area contributed by atoms with E-state index < -0.39 is 5.97 Å². The van der Waals surface area contributed by atoms with Gasteiger partial charge in [-0.05, 0) is 25.3 Å². The van der Waals surface area contributed by atoms with Crippen molar-refractivity contribution >= 4 is 12.1 Å². The van der Waals surface area contributed by atoms with Crippen molar-refractivity contribution in [1.29, 1.82) is 0 Å². The molecule has 1 aromatic carbocycles. The molecule has 0 saturated carbocycles. The molecule has 0 radical (unpaired) electrons. The summed E-state index contributed by atoms with van der Waals surface area (Å²) in [6.07, 6.45) is 2.00. The number of carboxylic acid groups (broad SMARTS) is 1. The van der Waals surface area contributed by atoms with Gasteiger partial charge in [0.1, 0.15) is 6.61 Å².